The van der Waals surface area contributed by atoms with E-state index in [-0.39, 0.29) is 22.9 Å². The van der Waals surface area contributed by atoms with Crippen LogP contribution in [0.25, 0.3) is 0 Å². The molecule has 0 saturated heterocycles. The normalized spacial score (nSPS) is 9.68. The van der Waals surface area contributed by atoms with E-state index in [4.69, 9.17) is 10.00 Å². The van der Waals surface area contributed by atoms with Gasteiger partial charge >= 0.3 is 0 Å². The molecule has 0 aliphatic heterocycles. The van der Waals surface area contributed by atoms with Gasteiger partial charge in [-0.15, -0.1) is 0 Å². The monoisotopic (exact) mass is 319 g/mol. The molecule has 0 unspecified atom stereocenters. The number of benzene rings is 1. The molecule has 1 heterocycles. The van der Waals surface area contributed by atoms with Crippen LogP contribution < -0.4 is 4.74 Å². The van der Waals surface area contributed by atoms with E-state index in [0.717, 1.165) is 0 Å². The third-order valence-corrected chi connectivity index (χ3v) is 2.63. The molecule has 19 heavy (non-hydrogen) atoms. The van der Waals surface area contributed by atoms with Crippen molar-refractivity contribution in [3.63, 3.8) is 0 Å². The SMILES string of the molecule is N#Cc1cccnc1Oc1cc(Br)cc([N+](=O)[O-])c1. The summed E-state index contributed by atoms with van der Waals surface area (Å²) in [4.78, 5) is 14.1. The van der Waals surface area contributed by atoms with E-state index in [0.29, 0.717) is 4.47 Å². The maximum Gasteiger partial charge on any atom is 0.274 e. The van der Waals surface area contributed by atoms with Crippen molar-refractivity contribution in [3.05, 3.63) is 56.7 Å². The summed E-state index contributed by atoms with van der Waals surface area (Å²) in [5.74, 6) is 0.341. The molecule has 1 aromatic heterocycles. The van der Waals surface area contributed by atoms with Crippen LogP contribution >= 0.6 is 15.9 Å². The van der Waals surface area contributed by atoms with Gasteiger partial charge in [-0.2, -0.15) is 5.26 Å². The summed E-state index contributed by atoms with van der Waals surface area (Å²) in [6.07, 6.45) is 1.47. The van der Waals surface area contributed by atoms with Crippen LogP contribution in [0.3, 0.4) is 0 Å². The summed E-state index contributed by atoms with van der Waals surface area (Å²) in [6.45, 7) is 0. The summed E-state index contributed by atoms with van der Waals surface area (Å²) in [5, 5.41) is 19.6. The third-order valence-electron chi connectivity index (χ3n) is 2.17. The Morgan fingerprint density at radius 3 is 2.89 bits per heavy atom. The molecular weight excluding hydrogens is 314 g/mol. The maximum atomic E-state index is 10.7. The van der Waals surface area contributed by atoms with Crippen molar-refractivity contribution < 1.29 is 9.66 Å². The van der Waals surface area contributed by atoms with E-state index in [2.05, 4.69) is 20.9 Å². The van der Waals surface area contributed by atoms with E-state index in [1.165, 1.54) is 18.3 Å². The molecule has 0 fully saturated rings. The number of pyridine rings is 1. The molecule has 6 nitrogen and oxygen atoms in total. The van der Waals surface area contributed by atoms with Crippen molar-refractivity contribution in [3.8, 4) is 17.7 Å². The van der Waals surface area contributed by atoms with E-state index in [1.54, 1.807) is 18.2 Å². The van der Waals surface area contributed by atoms with Crippen LogP contribution in [0.2, 0.25) is 0 Å². The summed E-state index contributed by atoms with van der Waals surface area (Å²) < 4.78 is 5.91. The van der Waals surface area contributed by atoms with E-state index in [9.17, 15) is 10.1 Å². The molecule has 0 saturated carbocycles. The first kappa shape index (κ1) is 13.0. The van der Waals surface area contributed by atoms with Crippen molar-refractivity contribution in [2.75, 3.05) is 0 Å². The first-order chi connectivity index (χ1) is 9.10. The number of non-ortho nitro benzene ring substituents is 1. The van der Waals surface area contributed by atoms with Gasteiger partial charge in [0.15, 0.2) is 0 Å². The lowest BCUT2D eigenvalue weighted by Gasteiger charge is -2.06. The second-order valence-electron chi connectivity index (χ2n) is 3.47. The lowest BCUT2D eigenvalue weighted by molar-refractivity contribution is -0.385. The van der Waals surface area contributed by atoms with Gasteiger partial charge in [0.25, 0.3) is 5.69 Å². The minimum absolute atomic E-state index is 0.109. The first-order valence-corrected chi connectivity index (χ1v) is 5.87. The van der Waals surface area contributed by atoms with Gasteiger partial charge in [-0.25, -0.2) is 4.98 Å². The average molecular weight is 320 g/mol. The van der Waals surface area contributed by atoms with Crippen LogP contribution in [0.5, 0.6) is 11.6 Å². The highest BCUT2D eigenvalue weighted by atomic mass is 79.9. The van der Waals surface area contributed by atoms with E-state index in [1.807, 2.05) is 6.07 Å². The molecule has 0 bridgehead atoms. The Morgan fingerprint density at radius 1 is 1.42 bits per heavy atom. The second kappa shape index (κ2) is 5.46. The molecule has 94 valence electrons. The van der Waals surface area contributed by atoms with Crippen LogP contribution in [0.15, 0.2) is 41.0 Å². The molecule has 0 radical (unpaired) electrons. The van der Waals surface area contributed by atoms with Crippen LogP contribution in [-0.4, -0.2) is 9.91 Å². The van der Waals surface area contributed by atoms with Gasteiger partial charge in [0.2, 0.25) is 5.88 Å². The number of nitrogens with zero attached hydrogens (tertiary/aromatic N) is 3. The van der Waals surface area contributed by atoms with Crippen LogP contribution in [0, 0.1) is 21.4 Å². The van der Waals surface area contributed by atoms with Crippen molar-refractivity contribution in [1.82, 2.24) is 4.98 Å². The summed E-state index contributed by atoms with van der Waals surface area (Å²) in [5.41, 5.74) is 0.143. The summed E-state index contributed by atoms with van der Waals surface area (Å²) in [7, 11) is 0. The van der Waals surface area contributed by atoms with Crippen LogP contribution in [0.1, 0.15) is 5.56 Å². The number of nitro groups is 1. The molecule has 0 aliphatic rings. The number of hydrogen-bond donors (Lipinski definition) is 0. The second-order valence-corrected chi connectivity index (χ2v) is 4.39. The summed E-state index contributed by atoms with van der Waals surface area (Å²) >= 11 is 3.16. The molecule has 7 heteroatoms. The maximum absolute atomic E-state index is 10.7. The number of hydrogen-bond acceptors (Lipinski definition) is 5. The quantitative estimate of drug-likeness (QED) is 0.638. The third kappa shape index (κ3) is 3.05. The van der Waals surface area contributed by atoms with Gasteiger partial charge in [-0.3, -0.25) is 10.1 Å². The average Bonchev–Trinajstić information content (AvgIpc) is 2.38. The number of rotatable bonds is 3. The molecule has 0 spiro atoms. The number of nitriles is 1. The zero-order chi connectivity index (χ0) is 13.8. The highest BCUT2D eigenvalue weighted by Gasteiger charge is 2.12. The Balaban J connectivity index is 2.39. The van der Waals surface area contributed by atoms with Gasteiger partial charge in [-0.05, 0) is 18.2 Å². The van der Waals surface area contributed by atoms with Gasteiger partial charge in [0, 0.05) is 16.7 Å². The zero-order valence-electron chi connectivity index (χ0n) is 9.41. The zero-order valence-corrected chi connectivity index (χ0v) is 11.0. The lowest BCUT2D eigenvalue weighted by atomic mass is 10.3. The molecule has 0 atom stereocenters. The number of halogens is 1. The van der Waals surface area contributed by atoms with Crippen molar-refractivity contribution in [2.45, 2.75) is 0 Å². The Kier molecular flexibility index (Phi) is 3.73. The predicted molar refractivity (Wildman–Crippen MR) is 69.8 cm³/mol. The molecule has 2 rings (SSSR count). The number of aromatic nitrogens is 1. The Hall–Kier alpha value is -2.46. The van der Waals surface area contributed by atoms with Gasteiger partial charge in [0.1, 0.15) is 17.4 Å². The van der Waals surface area contributed by atoms with Crippen molar-refractivity contribution in [2.24, 2.45) is 0 Å². The van der Waals surface area contributed by atoms with Crippen molar-refractivity contribution in [1.29, 1.82) is 5.26 Å². The minimum atomic E-state index is -0.527. The highest BCUT2D eigenvalue weighted by Crippen LogP contribution is 2.29. The van der Waals surface area contributed by atoms with Gasteiger partial charge in [0.05, 0.1) is 11.0 Å². The largest absolute Gasteiger partial charge is 0.437 e. The fraction of sp³-hybridized carbons (Fsp3) is 0. The lowest BCUT2D eigenvalue weighted by Crippen LogP contribution is -1.93. The van der Waals surface area contributed by atoms with Gasteiger partial charge < -0.3 is 4.74 Å². The Labute approximate surface area is 116 Å². The standard InChI is InChI=1S/C12H6BrN3O3/c13-9-4-10(16(17)18)6-11(5-9)19-12-8(7-14)2-1-3-15-12/h1-6H. The smallest absolute Gasteiger partial charge is 0.274 e. The molecular formula is C12H6BrN3O3. The molecule has 0 aliphatic carbocycles. The predicted octanol–water partition coefficient (Wildman–Crippen LogP) is 3.42. The highest BCUT2D eigenvalue weighted by molar-refractivity contribution is 9.10. The fourth-order valence-electron chi connectivity index (χ4n) is 1.38. The molecule has 0 N–H and O–H groups in total. The first-order valence-electron chi connectivity index (χ1n) is 5.08. The van der Waals surface area contributed by atoms with Crippen LogP contribution in [0.4, 0.5) is 5.69 Å². The number of ether oxygens (including phenoxy) is 1. The molecule has 1 aromatic carbocycles. The van der Waals surface area contributed by atoms with Crippen molar-refractivity contribution >= 4 is 21.6 Å². The molecule has 0 amide bonds. The number of nitro benzene ring substituents is 1. The summed E-state index contributed by atoms with van der Waals surface area (Å²) in [6, 6.07) is 9.27. The Bertz CT molecular complexity index is 682. The van der Waals surface area contributed by atoms with Crippen LogP contribution in [-0.2, 0) is 0 Å². The Morgan fingerprint density at radius 2 is 2.21 bits per heavy atom. The fourth-order valence-corrected chi connectivity index (χ4v) is 1.84. The minimum Gasteiger partial charge on any atom is -0.437 e. The topological polar surface area (TPSA) is 89.0 Å². The van der Waals surface area contributed by atoms with Gasteiger partial charge in [-0.1, -0.05) is 15.9 Å². The van der Waals surface area contributed by atoms with E-state index < -0.39 is 4.92 Å². The molecule has 2 aromatic rings. The van der Waals surface area contributed by atoms with E-state index >= 15 is 0 Å².